The number of hydrogen-bond acceptors (Lipinski definition) is 5. The lowest BCUT2D eigenvalue weighted by atomic mass is 10.0. The fraction of sp³-hybridized carbons (Fsp3) is 0.409. The van der Waals surface area contributed by atoms with Crippen LogP contribution in [0.4, 0.5) is 11.4 Å². The zero-order chi connectivity index (χ0) is 20.9. The number of rotatable bonds is 4. The van der Waals surface area contributed by atoms with Gasteiger partial charge in [0.05, 0.1) is 29.8 Å². The number of sulfonamides is 1. The Morgan fingerprint density at radius 1 is 0.967 bits per heavy atom. The maximum atomic E-state index is 13.4. The first-order valence-electron chi connectivity index (χ1n) is 10.3. The average molecular weight is 428 g/mol. The number of ether oxygens (including phenoxy) is 1. The summed E-state index contributed by atoms with van der Waals surface area (Å²) in [6.45, 7) is 2.76. The molecule has 0 aliphatic carbocycles. The third kappa shape index (κ3) is 3.06. The minimum Gasteiger partial charge on any atom is -0.495 e. The van der Waals surface area contributed by atoms with Gasteiger partial charge < -0.3 is 14.5 Å². The molecule has 0 N–H and O–H groups in total. The Kier molecular flexibility index (Phi) is 4.71. The molecule has 0 aromatic heterocycles. The minimum atomic E-state index is -3.60. The molecule has 1 fully saturated rings. The van der Waals surface area contributed by atoms with E-state index < -0.39 is 10.0 Å². The number of nitrogens with zero attached hydrogens (tertiary/aromatic N) is 3. The van der Waals surface area contributed by atoms with Crippen LogP contribution in [0.15, 0.2) is 41.3 Å². The summed E-state index contributed by atoms with van der Waals surface area (Å²) in [5, 5.41) is 0. The Morgan fingerprint density at radius 2 is 1.70 bits per heavy atom. The van der Waals surface area contributed by atoms with Crippen molar-refractivity contribution in [3.8, 4) is 5.75 Å². The number of carbonyl (C=O) groups excluding carboxylic acids is 1. The molecule has 1 saturated heterocycles. The lowest BCUT2D eigenvalue weighted by Crippen LogP contribution is -2.48. The van der Waals surface area contributed by atoms with Crippen LogP contribution in [0.5, 0.6) is 5.75 Å². The van der Waals surface area contributed by atoms with Gasteiger partial charge in [0.1, 0.15) is 5.75 Å². The number of piperazine rings is 1. The summed E-state index contributed by atoms with van der Waals surface area (Å²) in [6, 6.07) is 11.3. The van der Waals surface area contributed by atoms with Gasteiger partial charge in [0.2, 0.25) is 15.9 Å². The number of amides is 1. The molecule has 158 valence electrons. The molecule has 3 heterocycles. The van der Waals surface area contributed by atoms with Gasteiger partial charge >= 0.3 is 0 Å². The molecule has 5 rings (SSSR count). The van der Waals surface area contributed by atoms with Gasteiger partial charge in [-0.05, 0) is 48.2 Å². The Balaban J connectivity index is 1.39. The normalized spacial score (nSPS) is 19.2. The lowest BCUT2D eigenvalue weighted by molar-refractivity contribution is -0.117. The van der Waals surface area contributed by atoms with Gasteiger partial charge in [0, 0.05) is 32.7 Å². The second-order valence-corrected chi connectivity index (χ2v) is 9.92. The average Bonchev–Trinajstić information content (AvgIpc) is 3.10. The van der Waals surface area contributed by atoms with E-state index in [1.807, 2.05) is 29.2 Å². The van der Waals surface area contributed by atoms with Crippen LogP contribution in [0, 0.1) is 0 Å². The summed E-state index contributed by atoms with van der Waals surface area (Å²) in [7, 11) is -1.96. The van der Waals surface area contributed by atoms with Crippen molar-refractivity contribution in [3.63, 3.8) is 0 Å². The van der Waals surface area contributed by atoms with Crippen molar-refractivity contribution < 1.29 is 17.9 Å². The van der Waals surface area contributed by atoms with E-state index in [9.17, 15) is 13.2 Å². The molecular formula is C22H25N3O4S. The predicted molar refractivity (Wildman–Crippen MR) is 115 cm³/mol. The molecule has 0 unspecified atom stereocenters. The summed E-state index contributed by atoms with van der Waals surface area (Å²) in [4.78, 5) is 16.6. The van der Waals surface area contributed by atoms with Crippen molar-refractivity contribution in [2.45, 2.75) is 24.2 Å². The van der Waals surface area contributed by atoms with Crippen molar-refractivity contribution in [1.29, 1.82) is 0 Å². The molecule has 2 aromatic rings. The Bertz CT molecular complexity index is 1110. The van der Waals surface area contributed by atoms with Crippen molar-refractivity contribution >= 4 is 27.3 Å². The molecule has 30 heavy (non-hydrogen) atoms. The molecule has 3 aliphatic heterocycles. The summed E-state index contributed by atoms with van der Waals surface area (Å²) < 4.78 is 33.8. The Labute approximate surface area is 176 Å². The summed E-state index contributed by atoms with van der Waals surface area (Å²) in [5.74, 6) is 0.867. The first kappa shape index (κ1) is 19.4. The third-order valence-corrected chi connectivity index (χ3v) is 8.16. The number of carbonyl (C=O) groups is 1. The molecule has 0 bridgehead atoms. The molecule has 8 heteroatoms. The Morgan fingerprint density at radius 3 is 2.47 bits per heavy atom. The quantitative estimate of drug-likeness (QED) is 0.747. The second kappa shape index (κ2) is 7.28. The first-order chi connectivity index (χ1) is 14.5. The highest BCUT2D eigenvalue weighted by Gasteiger charge is 2.36. The van der Waals surface area contributed by atoms with Gasteiger partial charge in [-0.3, -0.25) is 4.79 Å². The monoisotopic (exact) mass is 427 g/mol. The van der Waals surface area contributed by atoms with E-state index in [0.29, 0.717) is 37.5 Å². The highest BCUT2D eigenvalue weighted by atomic mass is 32.2. The third-order valence-electron chi connectivity index (χ3n) is 6.28. The molecular weight excluding hydrogens is 402 g/mol. The standard InChI is InChI=1S/C22H25N3O4S/c1-29-20-7-3-2-6-19(20)23-9-11-24(12-10-23)30(27,28)18-13-16-5-4-8-25-21(26)15-17(14-18)22(16)25/h2-3,6-7,13-14H,4-5,8-12,15H2,1H3. The zero-order valence-electron chi connectivity index (χ0n) is 17.0. The molecule has 0 saturated carbocycles. The van der Waals surface area contributed by atoms with Crippen molar-refractivity contribution in [3.05, 3.63) is 47.5 Å². The van der Waals surface area contributed by atoms with Crippen LogP contribution in [-0.2, 0) is 27.7 Å². The predicted octanol–water partition coefficient (Wildman–Crippen LogP) is 2.04. The zero-order valence-corrected chi connectivity index (χ0v) is 17.8. The Hall–Kier alpha value is -2.58. The number of methoxy groups -OCH3 is 1. The maximum Gasteiger partial charge on any atom is 0.243 e. The van der Waals surface area contributed by atoms with Crippen molar-refractivity contribution in [2.24, 2.45) is 0 Å². The van der Waals surface area contributed by atoms with Crippen LogP contribution in [0.3, 0.4) is 0 Å². The molecule has 1 amide bonds. The van der Waals surface area contributed by atoms with E-state index in [1.165, 1.54) is 0 Å². The van der Waals surface area contributed by atoms with E-state index >= 15 is 0 Å². The van der Waals surface area contributed by atoms with Gasteiger partial charge in [-0.15, -0.1) is 0 Å². The topological polar surface area (TPSA) is 70.2 Å². The van der Waals surface area contributed by atoms with Crippen LogP contribution >= 0.6 is 0 Å². The summed E-state index contributed by atoms with van der Waals surface area (Å²) >= 11 is 0. The van der Waals surface area contributed by atoms with Gasteiger partial charge in [-0.2, -0.15) is 4.31 Å². The van der Waals surface area contributed by atoms with E-state index in [2.05, 4.69) is 4.90 Å². The van der Waals surface area contributed by atoms with Crippen LogP contribution in [0.1, 0.15) is 17.5 Å². The van der Waals surface area contributed by atoms with E-state index in [1.54, 1.807) is 23.5 Å². The maximum absolute atomic E-state index is 13.4. The lowest BCUT2D eigenvalue weighted by Gasteiger charge is -2.36. The first-order valence-corrected chi connectivity index (χ1v) is 11.8. The SMILES string of the molecule is COc1ccccc1N1CCN(S(=O)(=O)c2cc3c4c(c2)CC(=O)N4CCC3)CC1. The van der Waals surface area contributed by atoms with Crippen LogP contribution in [0.2, 0.25) is 0 Å². The fourth-order valence-corrected chi connectivity index (χ4v) is 6.33. The highest BCUT2D eigenvalue weighted by molar-refractivity contribution is 7.89. The van der Waals surface area contributed by atoms with Crippen molar-refractivity contribution in [1.82, 2.24) is 4.31 Å². The molecule has 0 radical (unpaired) electrons. The summed E-state index contributed by atoms with van der Waals surface area (Å²) in [6.07, 6.45) is 1.99. The molecule has 0 atom stereocenters. The molecule has 2 aromatic carbocycles. The number of aryl methyl sites for hydroxylation is 1. The van der Waals surface area contributed by atoms with Gasteiger partial charge in [0.25, 0.3) is 0 Å². The molecule has 7 nitrogen and oxygen atoms in total. The van der Waals surface area contributed by atoms with Gasteiger partial charge in [0.15, 0.2) is 0 Å². The van der Waals surface area contributed by atoms with Crippen LogP contribution < -0.4 is 14.5 Å². The van der Waals surface area contributed by atoms with E-state index in [-0.39, 0.29) is 5.91 Å². The van der Waals surface area contributed by atoms with Crippen LogP contribution in [0.25, 0.3) is 0 Å². The van der Waals surface area contributed by atoms with Crippen molar-refractivity contribution in [2.75, 3.05) is 49.6 Å². The largest absolute Gasteiger partial charge is 0.495 e. The number of benzene rings is 2. The summed E-state index contributed by atoms with van der Waals surface area (Å²) in [5.41, 5.74) is 3.77. The molecule has 3 aliphatic rings. The number of anilines is 2. The van der Waals surface area contributed by atoms with E-state index in [4.69, 9.17) is 4.74 Å². The van der Waals surface area contributed by atoms with Crippen LogP contribution in [-0.4, -0.2) is 58.5 Å². The molecule has 0 spiro atoms. The second-order valence-electron chi connectivity index (χ2n) is 7.98. The van der Waals surface area contributed by atoms with E-state index in [0.717, 1.165) is 47.6 Å². The number of para-hydroxylation sites is 2. The minimum absolute atomic E-state index is 0.0749. The van der Waals surface area contributed by atoms with Gasteiger partial charge in [-0.1, -0.05) is 12.1 Å². The van der Waals surface area contributed by atoms with Gasteiger partial charge in [-0.25, -0.2) is 8.42 Å². The number of hydrogen-bond donors (Lipinski definition) is 0. The fourth-order valence-electron chi connectivity index (χ4n) is 4.81. The highest BCUT2D eigenvalue weighted by Crippen LogP contribution is 2.39. The smallest absolute Gasteiger partial charge is 0.243 e.